The van der Waals surface area contributed by atoms with Crippen LogP contribution in [-0.4, -0.2) is 65.5 Å². The molecular weight excluding hydrogens is 456 g/mol. The van der Waals surface area contributed by atoms with Gasteiger partial charge in [-0.2, -0.15) is 8.78 Å². The summed E-state index contributed by atoms with van der Waals surface area (Å²) in [6.45, 7) is 3.10. The van der Waals surface area contributed by atoms with Crippen LogP contribution in [0.4, 0.5) is 8.78 Å². The van der Waals surface area contributed by atoms with E-state index in [-0.39, 0.29) is 24.0 Å². The number of hydrogen-bond donors (Lipinski definition) is 3. The summed E-state index contributed by atoms with van der Waals surface area (Å²) in [5, 5.41) is 3.57. The van der Waals surface area contributed by atoms with E-state index in [9.17, 15) is 13.6 Å². The molecule has 0 spiro atoms. The van der Waals surface area contributed by atoms with Gasteiger partial charge in [-0.3, -0.25) is 4.79 Å². The first-order valence-corrected chi connectivity index (χ1v) is 11.2. The third kappa shape index (κ3) is 8.34. The summed E-state index contributed by atoms with van der Waals surface area (Å²) in [4.78, 5) is 15.1. The van der Waals surface area contributed by atoms with Crippen molar-refractivity contribution in [3.63, 3.8) is 0 Å². The number of carbonyl (C=O) groups is 1. The maximum absolute atomic E-state index is 12.4. The molecule has 0 bridgehead atoms. The second-order valence-corrected chi connectivity index (χ2v) is 8.31. The Kier molecular flexibility index (Phi) is 9.53. The zero-order valence-corrected chi connectivity index (χ0v) is 19.3. The lowest BCUT2D eigenvalue weighted by atomic mass is 10.2. The lowest BCUT2D eigenvalue weighted by Gasteiger charge is -2.29. The number of halogens is 3. The van der Waals surface area contributed by atoms with Gasteiger partial charge in [0.05, 0.1) is 7.11 Å². The minimum atomic E-state index is -2.93. The molecule has 1 saturated heterocycles. The summed E-state index contributed by atoms with van der Waals surface area (Å²) in [6, 6.07) is 12.0. The van der Waals surface area contributed by atoms with Crippen molar-refractivity contribution in [2.45, 2.75) is 13.2 Å². The first-order valence-electron chi connectivity index (χ1n) is 10.9. The van der Waals surface area contributed by atoms with Crippen molar-refractivity contribution in [1.82, 2.24) is 5.32 Å². The average Bonchev–Trinajstić information content (AvgIpc) is 2.80. The van der Waals surface area contributed by atoms with Gasteiger partial charge in [0.2, 0.25) is 0 Å². The van der Waals surface area contributed by atoms with Crippen LogP contribution in [0.2, 0.25) is 5.02 Å². The molecule has 2 aromatic carbocycles. The van der Waals surface area contributed by atoms with E-state index in [2.05, 4.69) is 10.1 Å². The van der Waals surface area contributed by atoms with Gasteiger partial charge in [-0.15, -0.1) is 0 Å². The van der Waals surface area contributed by atoms with Crippen LogP contribution in [0.3, 0.4) is 0 Å². The van der Waals surface area contributed by atoms with E-state index in [1.54, 1.807) is 12.1 Å². The summed E-state index contributed by atoms with van der Waals surface area (Å²) >= 11 is 5.88. The zero-order valence-electron chi connectivity index (χ0n) is 18.5. The fourth-order valence-corrected chi connectivity index (χ4v) is 3.86. The van der Waals surface area contributed by atoms with Crippen molar-refractivity contribution >= 4 is 17.5 Å². The monoisotopic (exact) mass is 485 g/mol. The number of carbonyl (C=O) groups excluding carboxylic acids is 1. The van der Waals surface area contributed by atoms with E-state index in [1.165, 1.54) is 23.0 Å². The van der Waals surface area contributed by atoms with Crippen LogP contribution in [0.15, 0.2) is 42.5 Å². The van der Waals surface area contributed by atoms with Crippen molar-refractivity contribution in [3.05, 3.63) is 53.1 Å². The smallest absolute Gasteiger partial charge is 0.387 e. The molecule has 1 fully saturated rings. The van der Waals surface area contributed by atoms with Crippen molar-refractivity contribution in [2.75, 3.05) is 53.0 Å². The Balaban J connectivity index is 1.34. The highest BCUT2D eigenvalue weighted by atomic mass is 35.5. The first-order chi connectivity index (χ1) is 15.9. The Morgan fingerprint density at radius 1 is 1.06 bits per heavy atom. The predicted octanol–water partition coefficient (Wildman–Crippen LogP) is 0.429. The molecule has 3 rings (SSSR count). The van der Waals surface area contributed by atoms with Crippen molar-refractivity contribution in [1.29, 1.82) is 0 Å². The average molecular weight is 486 g/mol. The SMILES string of the molecule is COc1cc(CNC(=O)C[NH+]2CC[NH+](CCOc3ccc(Cl)cc3)CC2)ccc1OC(F)F. The van der Waals surface area contributed by atoms with E-state index < -0.39 is 6.61 Å². The molecule has 33 heavy (non-hydrogen) atoms. The highest BCUT2D eigenvalue weighted by Gasteiger charge is 2.24. The topological polar surface area (TPSA) is 65.7 Å². The Labute approximate surface area is 197 Å². The first kappa shape index (κ1) is 25.0. The molecule has 0 saturated carbocycles. The Morgan fingerprint density at radius 3 is 2.42 bits per heavy atom. The van der Waals surface area contributed by atoms with Gasteiger partial charge in [0.1, 0.15) is 45.1 Å². The number of amides is 1. The summed E-state index contributed by atoms with van der Waals surface area (Å²) in [5.74, 6) is 0.928. The summed E-state index contributed by atoms with van der Waals surface area (Å²) in [6.07, 6.45) is 0. The molecule has 1 aliphatic rings. The van der Waals surface area contributed by atoms with Crippen LogP contribution >= 0.6 is 11.6 Å². The van der Waals surface area contributed by atoms with Gasteiger partial charge >= 0.3 is 6.61 Å². The number of piperazine rings is 1. The predicted molar refractivity (Wildman–Crippen MR) is 120 cm³/mol. The molecule has 3 N–H and O–H groups in total. The molecular formula is C23H30ClF2N3O4+2. The van der Waals surface area contributed by atoms with Crippen LogP contribution in [0.5, 0.6) is 17.2 Å². The zero-order chi connectivity index (χ0) is 23.6. The summed E-state index contributed by atoms with van der Waals surface area (Å²) < 4.78 is 40.1. The molecule has 0 aromatic heterocycles. The number of rotatable bonds is 11. The molecule has 2 aromatic rings. The quantitative estimate of drug-likeness (QED) is 0.432. The Morgan fingerprint density at radius 2 is 1.76 bits per heavy atom. The molecule has 0 aliphatic carbocycles. The van der Waals surface area contributed by atoms with Gasteiger partial charge in [-0.05, 0) is 42.0 Å². The highest BCUT2D eigenvalue weighted by molar-refractivity contribution is 6.30. The minimum Gasteiger partial charge on any atom is -0.493 e. The van der Waals surface area contributed by atoms with Crippen molar-refractivity contribution in [3.8, 4) is 17.2 Å². The van der Waals surface area contributed by atoms with Gasteiger partial charge in [-0.1, -0.05) is 17.7 Å². The maximum atomic E-state index is 12.4. The minimum absolute atomic E-state index is 0.0362. The highest BCUT2D eigenvalue weighted by Crippen LogP contribution is 2.29. The molecule has 0 radical (unpaired) electrons. The number of quaternary nitrogens is 2. The second kappa shape index (κ2) is 12.6. The number of ether oxygens (including phenoxy) is 3. The molecule has 10 heteroatoms. The number of nitrogens with one attached hydrogen (secondary N) is 3. The van der Waals surface area contributed by atoms with Crippen LogP contribution in [-0.2, 0) is 11.3 Å². The van der Waals surface area contributed by atoms with E-state index in [0.717, 1.165) is 44.0 Å². The number of benzene rings is 2. The second-order valence-electron chi connectivity index (χ2n) is 7.87. The normalized spacial score (nSPS) is 18.1. The summed E-state index contributed by atoms with van der Waals surface area (Å²) in [7, 11) is 1.38. The Bertz CT molecular complexity index is 894. The third-order valence-electron chi connectivity index (χ3n) is 5.55. The number of methoxy groups -OCH3 is 1. The molecule has 0 unspecified atom stereocenters. The number of hydrogen-bond acceptors (Lipinski definition) is 4. The molecule has 0 atom stereocenters. The van der Waals surface area contributed by atoms with Gasteiger partial charge in [-0.25, -0.2) is 0 Å². The molecule has 1 aliphatic heterocycles. The van der Waals surface area contributed by atoms with Gasteiger partial charge in [0.25, 0.3) is 5.91 Å². The standard InChI is InChI=1S/C23H28ClF2N3O4/c1-31-21-14-17(2-7-20(21)33-23(25)26)15-27-22(30)16-29-10-8-28(9-11-29)12-13-32-19-5-3-18(24)4-6-19/h2-7,14,23H,8-13,15-16H2,1H3,(H,27,30)/p+2. The lowest BCUT2D eigenvalue weighted by Crippen LogP contribution is -3.28. The fraction of sp³-hybridized carbons (Fsp3) is 0.435. The van der Waals surface area contributed by atoms with Crippen LogP contribution in [0, 0.1) is 0 Å². The largest absolute Gasteiger partial charge is 0.493 e. The molecule has 1 amide bonds. The molecule has 7 nitrogen and oxygen atoms in total. The van der Waals surface area contributed by atoms with Crippen LogP contribution < -0.4 is 29.3 Å². The van der Waals surface area contributed by atoms with Crippen molar-refractivity contribution < 1.29 is 37.6 Å². The lowest BCUT2D eigenvalue weighted by molar-refractivity contribution is -1.01. The van der Waals surface area contributed by atoms with E-state index in [1.807, 2.05) is 24.3 Å². The van der Waals surface area contributed by atoms with Gasteiger partial charge in [0, 0.05) is 11.6 Å². The third-order valence-corrected chi connectivity index (χ3v) is 5.80. The van der Waals surface area contributed by atoms with E-state index in [4.69, 9.17) is 21.1 Å². The number of alkyl halides is 2. The summed E-state index contributed by atoms with van der Waals surface area (Å²) in [5.41, 5.74) is 0.742. The van der Waals surface area contributed by atoms with Crippen LogP contribution in [0.25, 0.3) is 0 Å². The van der Waals surface area contributed by atoms with Gasteiger partial charge in [0.15, 0.2) is 18.0 Å². The maximum Gasteiger partial charge on any atom is 0.387 e. The van der Waals surface area contributed by atoms with E-state index in [0.29, 0.717) is 18.2 Å². The van der Waals surface area contributed by atoms with Crippen molar-refractivity contribution in [2.24, 2.45) is 0 Å². The molecule has 180 valence electrons. The van der Waals surface area contributed by atoms with Crippen LogP contribution in [0.1, 0.15) is 5.56 Å². The molecule has 1 heterocycles. The van der Waals surface area contributed by atoms with E-state index >= 15 is 0 Å². The Hall–Kier alpha value is -2.62. The fourth-order valence-electron chi connectivity index (χ4n) is 3.73. The van der Waals surface area contributed by atoms with Gasteiger partial charge < -0.3 is 29.3 Å².